The second kappa shape index (κ2) is 11.0. The molecule has 3 rings (SSSR count). The summed E-state index contributed by atoms with van der Waals surface area (Å²) in [5.41, 5.74) is 1.63. The molecule has 3 aromatic rings. The molecule has 2 amide bonds. The molecule has 162 valence electrons. The first-order valence-corrected chi connectivity index (χ1v) is 10.9. The topological polar surface area (TPSA) is 82.4 Å². The SMILES string of the molecule is CCN(CC(=O)Nc1cccc(OC)c1)C(=O)c1ccccc1Sc1ccccc1C#N. The van der Waals surface area contributed by atoms with E-state index in [0.29, 0.717) is 29.1 Å². The molecule has 0 aliphatic heterocycles. The van der Waals surface area contributed by atoms with Crippen molar-refractivity contribution in [1.29, 1.82) is 5.26 Å². The van der Waals surface area contributed by atoms with Crippen molar-refractivity contribution < 1.29 is 14.3 Å². The Kier molecular flexibility index (Phi) is 7.90. The van der Waals surface area contributed by atoms with Gasteiger partial charge in [-0.2, -0.15) is 5.26 Å². The van der Waals surface area contributed by atoms with Crippen molar-refractivity contribution in [3.05, 3.63) is 83.9 Å². The number of likely N-dealkylation sites (N-methyl/N-ethyl adjacent to an activating group) is 1. The second-order valence-corrected chi connectivity index (χ2v) is 7.89. The third-order valence-corrected chi connectivity index (χ3v) is 5.85. The molecule has 1 N–H and O–H groups in total. The van der Waals surface area contributed by atoms with Crippen molar-refractivity contribution in [1.82, 2.24) is 4.90 Å². The van der Waals surface area contributed by atoms with Crippen LogP contribution < -0.4 is 10.1 Å². The van der Waals surface area contributed by atoms with E-state index in [0.717, 1.165) is 9.79 Å². The minimum absolute atomic E-state index is 0.0830. The first kappa shape index (κ1) is 22.9. The molecule has 0 bridgehead atoms. The molecular formula is C25H23N3O3S. The van der Waals surface area contributed by atoms with Gasteiger partial charge >= 0.3 is 0 Å². The third-order valence-electron chi connectivity index (χ3n) is 4.70. The minimum Gasteiger partial charge on any atom is -0.497 e. The van der Waals surface area contributed by atoms with Gasteiger partial charge in [0.2, 0.25) is 5.91 Å². The monoisotopic (exact) mass is 445 g/mol. The quantitative estimate of drug-likeness (QED) is 0.538. The average Bonchev–Trinajstić information content (AvgIpc) is 2.83. The fourth-order valence-corrected chi connectivity index (χ4v) is 4.09. The van der Waals surface area contributed by atoms with E-state index in [4.69, 9.17) is 4.74 Å². The molecule has 0 atom stereocenters. The molecule has 0 aliphatic carbocycles. The number of amides is 2. The Labute approximate surface area is 191 Å². The summed E-state index contributed by atoms with van der Waals surface area (Å²) < 4.78 is 5.17. The van der Waals surface area contributed by atoms with E-state index < -0.39 is 0 Å². The van der Waals surface area contributed by atoms with Crippen molar-refractivity contribution in [2.45, 2.75) is 16.7 Å². The molecule has 0 saturated carbocycles. The van der Waals surface area contributed by atoms with Crippen LogP contribution in [0.3, 0.4) is 0 Å². The first-order chi connectivity index (χ1) is 15.5. The zero-order chi connectivity index (χ0) is 22.9. The average molecular weight is 446 g/mol. The highest BCUT2D eigenvalue weighted by atomic mass is 32.2. The minimum atomic E-state index is -0.298. The van der Waals surface area contributed by atoms with Crippen molar-refractivity contribution in [3.63, 3.8) is 0 Å². The molecule has 0 aliphatic rings. The highest BCUT2D eigenvalue weighted by molar-refractivity contribution is 7.99. The van der Waals surface area contributed by atoms with Gasteiger partial charge in [0, 0.05) is 28.1 Å². The Hall–Kier alpha value is -3.76. The van der Waals surface area contributed by atoms with Crippen LogP contribution in [-0.4, -0.2) is 36.9 Å². The summed E-state index contributed by atoms with van der Waals surface area (Å²) >= 11 is 1.36. The van der Waals surface area contributed by atoms with E-state index >= 15 is 0 Å². The third kappa shape index (κ3) is 5.68. The van der Waals surface area contributed by atoms with Crippen molar-refractivity contribution >= 4 is 29.3 Å². The highest BCUT2D eigenvalue weighted by Crippen LogP contribution is 2.33. The van der Waals surface area contributed by atoms with Gasteiger partial charge in [-0.3, -0.25) is 9.59 Å². The number of rotatable bonds is 8. The number of nitriles is 1. The molecule has 3 aromatic carbocycles. The standard InChI is InChI=1S/C25H23N3O3S/c1-3-28(17-24(29)27-19-10-8-11-20(15-19)31-2)25(30)21-12-5-7-14-23(21)32-22-13-6-4-9-18(22)16-26/h4-15H,3,17H2,1-2H3,(H,27,29). The highest BCUT2D eigenvalue weighted by Gasteiger charge is 2.21. The number of hydrogen-bond acceptors (Lipinski definition) is 5. The summed E-state index contributed by atoms with van der Waals surface area (Å²) in [6.45, 7) is 2.12. The maximum absolute atomic E-state index is 13.3. The lowest BCUT2D eigenvalue weighted by Gasteiger charge is -2.22. The van der Waals surface area contributed by atoms with Crippen molar-refractivity contribution in [2.24, 2.45) is 0 Å². The lowest BCUT2D eigenvalue weighted by molar-refractivity contribution is -0.116. The lowest BCUT2D eigenvalue weighted by Crippen LogP contribution is -2.38. The van der Waals surface area contributed by atoms with Crippen LogP contribution in [0.5, 0.6) is 5.75 Å². The van der Waals surface area contributed by atoms with Gasteiger partial charge in [-0.1, -0.05) is 42.1 Å². The van der Waals surface area contributed by atoms with Gasteiger partial charge < -0.3 is 15.0 Å². The predicted octanol–water partition coefficient (Wildman–Crippen LogP) is 4.82. The predicted molar refractivity (Wildman–Crippen MR) is 125 cm³/mol. The summed E-state index contributed by atoms with van der Waals surface area (Å²) in [7, 11) is 1.56. The largest absolute Gasteiger partial charge is 0.497 e. The number of carbonyl (C=O) groups excluding carboxylic acids is 2. The molecule has 32 heavy (non-hydrogen) atoms. The van der Waals surface area contributed by atoms with Crippen LogP contribution in [0.25, 0.3) is 0 Å². The van der Waals surface area contributed by atoms with Crippen molar-refractivity contribution in [3.8, 4) is 11.8 Å². The normalized spacial score (nSPS) is 10.2. The fraction of sp³-hybridized carbons (Fsp3) is 0.160. The molecule has 6 nitrogen and oxygen atoms in total. The smallest absolute Gasteiger partial charge is 0.255 e. The van der Waals surface area contributed by atoms with Crippen LogP contribution >= 0.6 is 11.8 Å². The summed E-state index contributed by atoms with van der Waals surface area (Å²) in [4.78, 5) is 28.9. The van der Waals surface area contributed by atoms with Gasteiger partial charge in [0.05, 0.1) is 18.2 Å². The number of nitrogens with one attached hydrogen (secondary N) is 1. The van der Waals surface area contributed by atoms with Crippen molar-refractivity contribution in [2.75, 3.05) is 25.5 Å². The molecule has 0 radical (unpaired) electrons. The Morgan fingerprint density at radius 1 is 1.03 bits per heavy atom. The number of benzene rings is 3. The Balaban J connectivity index is 1.76. The summed E-state index contributed by atoms with van der Waals surface area (Å²) in [6.07, 6.45) is 0. The number of carbonyl (C=O) groups is 2. The Bertz CT molecular complexity index is 1160. The Morgan fingerprint density at radius 3 is 2.47 bits per heavy atom. The van der Waals surface area contributed by atoms with Gasteiger partial charge in [-0.15, -0.1) is 0 Å². The van der Waals surface area contributed by atoms with Gasteiger partial charge in [-0.25, -0.2) is 0 Å². The van der Waals surface area contributed by atoms with Gasteiger partial charge in [0.15, 0.2) is 0 Å². The van der Waals surface area contributed by atoms with E-state index in [1.54, 1.807) is 55.6 Å². The Morgan fingerprint density at radius 2 is 1.75 bits per heavy atom. The molecular weight excluding hydrogens is 422 g/mol. The second-order valence-electron chi connectivity index (χ2n) is 6.81. The number of anilines is 1. The molecule has 0 saturated heterocycles. The van der Waals surface area contributed by atoms with Crippen LogP contribution in [0.2, 0.25) is 0 Å². The number of nitrogens with zero attached hydrogens (tertiary/aromatic N) is 2. The van der Waals surface area contributed by atoms with Crippen LogP contribution in [0.4, 0.5) is 5.69 Å². The van der Waals surface area contributed by atoms with E-state index in [-0.39, 0.29) is 18.4 Å². The first-order valence-electron chi connectivity index (χ1n) is 10.0. The number of hydrogen-bond donors (Lipinski definition) is 1. The summed E-state index contributed by atoms with van der Waals surface area (Å²) in [5.74, 6) is 0.0917. The molecule has 0 fully saturated rings. The van der Waals surface area contributed by atoms with Gasteiger partial charge in [0.1, 0.15) is 18.4 Å². The maximum Gasteiger partial charge on any atom is 0.255 e. The van der Waals surface area contributed by atoms with E-state index in [1.165, 1.54) is 16.7 Å². The summed E-state index contributed by atoms with van der Waals surface area (Å²) in [5, 5.41) is 12.2. The zero-order valence-electron chi connectivity index (χ0n) is 17.9. The van der Waals surface area contributed by atoms with Crippen LogP contribution in [-0.2, 0) is 4.79 Å². The number of methoxy groups -OCH3 is 1. The van der Waals surface area contributed by atoms with E-state index in [9.17, 15) is 14.9 Å². The van der Waals surface area contributed by atoms with E-state index in [2.05, 4.69) is 11.4 Å². The van der Waals surface area contributed by atoms with Gasteiger partial charge in [0.25, 0.3) is 5.91 Å². The van der Waals surface area contributed by atoms with Crippen LogP contribution in [0, 0.1) is 11.3 Å². The van der Waals surface area contributed by atoms with Crippen LogP contribution in [0.15, 0.2) is 82.6 Å². The lowest BCUT2D eigenvalue weighted by atomic mass is 10.2. The molecule has 0 unspecified atom stereocenters. The molecule has 0 heterocycles. The van der Waals surface area contributed by atoms with E-state index in [1.807, 2.05) is 31.2 Å². The number of ether oxygens (including phenoxy) is 1. The zero-order valence-corrected chi connectivity index (χ0v) is 18.7. The fourth-order valence-electron chi connectivity index (χ4n) is 3.07. The maximum atomic E-state index is 13.3. The van der Waals surface area contributed by atoms with Crippen LogP contribution in [0.1, 0.15) is 22.8 Å². The molecule has 0 aromatic heterocycles. The molecule has 7 heteroatoms. The summed E-state index contributed by atoms with van der Waals surface area (Å²) in [6, 6.07) is 23.7. The molecule has 0 spiro atoms. The van der Waals surface area contributed by atoms with Gasteiger partial charge in [-0.05, 0) is 43.3 Å².